The maximum absolute atomic E-state index is 12.2. The van der Waals surface area contributed by atoms with Gasteiger partial charge in [-0.1, -0.05) is 6.07 Å². The molecule has 0 unspecified atom stereocenters. The van der Waals surface area contributed by atoms with Crippen molar-refractivity contribution in [2.24, 2.45) is 0 Å². The topological polar surface area (TPSA) is 108 Å². The van der Waals surface area contributed by atoms with Crippen LogP contribution in [-0.4, -0.2) is 31.3 Å². The summed E-state index contributed by atoms with van der Waals surface area (Å²) in [7, 11) is 0. The van der Waals surface area contributed by atoms with Crippen molar-refractivity contribution >= 4 is 16.6 Å². The van der Waals surface area contributed by atoms with Crippen LogP contribution < -0.4 is 5.56 Å². The Hall–Kier alpha value is -3.00. The van der Waals surface area contributed by atoms with Crippen molar-refractivity contribution in [1.82, 2.24) is 19.9 Å². The number of fused-ring (bicyclic) bond motifs is 2. The summed E-state index contributed by atoms with van der Waals surface area (Å²) in [6.07, 6.45) is 2.51. The van der Waals surface area contributed by atoms with Crippen LogP contribution in [0, 0.1) is 17.0 Å². The number of benzene rings is 1. The first-order valence-electron chi connectivity index (χ1n) is 8.07. The molecule has 1 aromatic carbocycles. The lowest BCUT2D eigenvalue weighted by Gasteiger charge is -2.27. The second kappa shape index (κ2) is 5.82. The summed E-state index contributed by atoms with van der Waals surface area (Å²) in [6, 6.07) is 5.02. The molecule has 0 saturated carbocycles. The predicted molar refractivity (Wildman–Crippen MR) is 92.4 cm³/mol. The number of aryl methyl sites for hydroxylation is 1. The Balaban J connectivity index is 1.67. The van der Waals surface area contributed by atoms with E-state index in [2.05, 4.69) is 19.9 Å². The Bertz CT molecular complexity index is 1040. The Labute approximate surface area is 142 Å². The van der Waals surface area contributed by atoms with E-state index in [0.717, 1.165) is 23.3 Å². The van der Waals surface area contributed by atoms with E-state index in [1.165, 1.54) is 6.07 Å². The first kappa shape index (κ1) is 15.5. The van der Waals surface area contributed by atoms with Crippen molar-refractivity contribution in [2.45, 2.75) is 26.4 Å². The van der Waals surface area contributed by atoms with Crippen LogP contribution in [0.1, 0.15) is 22.6 Å². The summed E-state index contributed by atoms with van der Waals surface area (Å²) in [5, 5.41) is 12.0. The van der Waals surface area contributed by atoms with Crippen LogP contribution in [0.5, 0.6) is 0 Å². The molecule has 8 heteroatoms. The van der Waals surface area contributed by atoms with Gasteiger partial charge in [0.1, 0.15) is 5.82 Å². The largest absolute Gasteiger partial charge is 0.361 e. The number of nitro benzene ring substituents is 1. The standard InChI is InChI=1S/C17H17N5O3/c1-10-19-13-5-6-21(9-12(13)17(23)20-10)8-11-7-18-14-3-2-4-15(16(11)14)22(24)25/h2-4,7,18H,5-6,8-9H2,1H3,(H,19,20,23). The van der Waals surface area contributed by atoms with Gasteiger partial charge in [-0.05, 0) is 18.6 Å². The molecule has 128 valence electrons. The van der Waals surface area contributed by atoms with Gasteiger partial charge in [0.15, 0.2) is 0 Å². The van der Waals surface area contributed by atoms with E-state index < -0.39 is 0 Å². The molecule has 25 heavy (non-hydrogen) atoms. The van der Waals surface area contributed by atoms with Crippen molar-refractivity contribution in [3.8, 4) is 0 Å². The van der Waals surface area contributed by atoms with Crippen molar-refractivity contribution in [2.75, 3.05) is 6.54 Å². The zero-order valence-corrected chi connectivity index (χ0v) is 13.7. The molecule has 0 atom stereocenters. The predicted octanol–water partition coefficient (Wildman–Crippen LogP) is 2.03. The molecule has 8 nitrogen and oxygen atoms in total. The molecule has 4 rings (SSSR count). The molecule has 1 aliphatic rings. The third kappa shape index (κ3) is 2.70. The van der Waals surface area contributed by atoms with E-state index in [0.29, 0.717) is 36.3 Å². The van der Waals surface area contributed by atoms with Crippen LogP contribution in [0.3, 0.4) is 0 Å². The molecule has 0 saturated heterocycles. The monoisotopic (exact) mass is 339 g/mol. The maximum Gasteiger partial charge on any atom is 0.279 e. The number of nitro groups is 1. The Morgan fingerprint density at radius 3 is 3.04 bits per heavy atom. The average molecular weight is 339 g/mol. The summed E-state index contributed by atoms with van der Waals surface area (Å²) in [4.78, 5) is 35.5. The van der Waals surface area contributed by atoms with Crippen LogP contribution in [0.4, 0.5) is 5.69 Å². The summed E-state index contributed by atoms with van der Waals surface area (Å²) < 4.78 is 0. The second-order valence-electron chi connectivity index (χ2n) is 6.31. The maximum atomic E-state index is 12.2. The van der Waals surface area contributed by atoms with Gasteiger partial charge in [0.25, 0.3) is 11.2 Å². The third-order valence-corrected chi connectivity index (χ3v) is 4.62. The third-order valence-electron chi connectivity index (χ3n) is 4.62. The molecule has 2 aromatic heterocycles. The fourth-order valence-corrected chi connectivity index (χ4v) is 3.49. The molecule has 0 amide bonds. The van der Waals surface area contributed by atoms with Gasteiger partial charge in [0, 0.05) is 38.3 Å². The highest BCUT2D eigenvalue weighted by Crippen LogP contribution is 2.30. The van der Waals surface area contributed by atoms with Gasteiger partial charge < -0.3 is 9.97 Å². The second-order valence-corrected chi connectivity index (χ2v) is 6.31. The number of aromatic amines is 2. The minimum absolute atomic E-state index is 0.0984. The Kier molecular flexibility index (Phi) is 3.61. The van der Waals surface area contributed by atoms with Crippen LogP contribution in [0.25, 0.3) is 10.9 Å². The SMILES string of the molecule is Cc1nc2c(c(=O)[nH]1)CN(Cc1c[nH]c3cccc([N+](=O)[O-])c13)CC2. The number of nitrogens with zero attached hydrogens (tertiary/aromatic N) is 3. The minimum atomic E-state index is -0.359. The van der Waals surface area contributed by atoms with E-state index >= 15 is 0 Å². The van der Waals surface area contributed by atoms with Crippen LogP contribution >= 0.6 is 0 Å². The van der Waals surface area contributed by atoms with E-state index in [1.54, 1.807) is 13.0 Å². The van der Waals surface area contributed by atoms with Crippen molar-refractivity contribution in [3.63, 3.8) is 0 Å². The highest BCUT2D eigenvalue weighted by molar-refractivity contribution is 5.91. The smallest absolute Gasteiger partial charge is 0.279 e. The van der Waals surface area contributed by atoms with Crippen LogP contribution in [0.2, 0.25) is 0 Å². The molecule has 0 spiro atoms. The van der Waals surface area contributed by atoms with Gasteiger partial charge >= 0.3 is 0 Å². The van der Waals surface area contributed by atoms with Gasteiger partial charge in [0.05, 0.1) is 27.1 Å². The van der Waals surface area contributed by atoms with Crippen molar-refractivity contribution < 1.29 is 4.92 Å². The molecule has 3 heterocycles. The summed E-state index contributed by atoms with van der Waals surface area (Å²) in [5.74, 6) is 0.629. The average Bonchev–Trinajstić information content (AvgIpc) is 2.98. The molecule has 0 bridgehead atoms. The fourth-order valence-electron chi connectivity index (χ4n) is 3.49. The molecular formula is C17H17N5O3. The normalized spacial score (nSPS) is 14.6. The summed E-state index contributed by atoms with van der Waals surface area (Å²) in [6.45, 7) is 3.57. The molecular weight excluding hydrogens is 322 g/mol. The number of aromatic nitrogens is 3. The van der Waals surface area contributed by atoms with Gasteiger partial charge in [-0.25, -0.2) is 4.98 Å². The van der Waals surface area contributed by atoms with E-state index in [1.807, 2.05) is 12.3 Å². The van der Waals surface area contributed by atoms with E-state index in [9.17, 15) is 14.9 Å². The Morgan fingerprint density at radius 2 is 2.24 bits per heavy atom. The summed E-state index contributed by atoms with van der Waals surface area (Å²) in [5.41, 5.74) is 3.14. The highest BCUT2D eigenvalue weighted by atomic mass is 16.6. The lowest BCUT2D eigenvalue weighted by molar-refractivity contribution is -0.383. The first-order chi connectivity index (χ1) is 12.0. The molecule has 0 radical (unpaired) electrons. The zero-order chi connectivity index (χ0) is 17.6. The van der Waals surface area contributed by atoms with Crippen molar-refractivity contribution in [1.29, 1.82) is 0 Å². The lowest BCUT2D eigenvalue weighted by Crippen LogP contribution is -2.35. The molecule has 3 aromatic rings. The van der Waals surface area contributed by atoms with Crippen LogP contribution in [0.15, 0.2) is 29.2 Å². The molecule has 1 aliphatic heterocycles. The number of nitrogens with one attached hydrogen (secondary N) is 2. The highest BCUT2D eigenvalue weighted by Gasteiger charge is 2.23. The lowest BCUT2D eigenvalue weighted by atomic mass is 10.1. The fraction of sp³-hybridized carbons (Fsp3) is 0.294. The number of rotatable bonds is 3. The number of non-ortho nitro benzene ring substituents is 1. The van der Waals surface area contributed by atoms with Gasteiger partial charge in [-0.15, -0.1) is 0 Å². The molecule has 0 fully saturated rings. The van der Waals surface area contributed by atoms with Crippen molar-refractivity contribution in [3.05, 3.63) is 67.5 Å². The molecule has 0 aliphatic carbocycles. The van der Waals surface area contributed by atoms with Crippen LogP contribution in [-0.2, 0) is 19.5 Å². The minimum Gasteiger partial charge on any atom is -0.361 e. The Morgan fingerprint density at radius 1 is 1.40 bits per heavy atom. The van der Waals surface area contributed by atoms with E-state index in [4.69, 9.17) is 0 Å². The van der Waals surface area contributed by atoms with Gasteiger partial charge in [0.2, 0.25) is 0 Å². The molecule has 2 N–H and O–H groups in total. The van der Waals surface area contributed by atoms with Gasteiger partial charge in [-0.2, -0.15) is 0 Å². The quantitative estimate of drug-likeness (QED) is 0.561. The zero-order valence-electron chi connectivity index (χ0n) is 13.7. The van der Waals surface area contributed by atoms with Gasteiger partial charge in [-0.3, -0.25) is 19.8 Å². The van der Waals surface area contributed by atoms with E-state index in [-0.39, 0.29) is 16.2 Å². The number of H-pyrrole nitrogens is 2. The number of hydrogen-bond acceptors (Lipinski definition) is 5. The first-order valence-corrected chi connectivity index (χ1v) is 8.07. The number of hydrogen-bond donors (Lipinski definition) is 2. The summed E-state index contributed by atoms with van der Waals surface area (Å²) >= 11 is 0.